The van der Waals surface area contributed by atoms with E-state index < -0.39 is 0 Å². The first-order valence-corrected chi connectivity index (χ1v) is 18.2. The second-order valence-corrected chi connectivity index (χ2v) is 13.9. The van der Waals surface area contributed by atoms with Crippen molar-refractivity contribution in [2.45, 2.75) is 0 Å². The van der Waals surface area contributed by atoms with Crippen LogP contribution in [0.5, 0.6) is 0 Å². The van der Waals surface area contributed by atoms with Crippen molar-refractivity contribution in [3.05, 3.63) is 170 Å². The number of benzene rings is 8. The highest BCUT2D eigenvalue weighted by molar-refractivity contribution is 6.27. The van der Waals surface area contributed by atoms with Crippen LogP contribution in [0.25, 0.3) is 116 Å². The molecule has 0 saturated carbocycles. The maximum absolute atomic E-state index is 6.66. The molecule has 0 atom stereocenters. The second kappa shape index (κ2) is 11.1. The number of hydrogen-bond donors (Lipinski definition) is 0. The molecule has 8 aromatic carbocycles. The number of pyridine rings is 1. The van der Waals surface area contributed by atoms with E-state index >= 15 is 0 Å². The topological polar surface area (TPSA) is 56.7 Å². The highest BCUT2D eigenvalue weighted by Crippen LogP contribution is 2.45. The van der Waals surface area contributed by atoms with E-state index in [1.165, 1.54) is 0 Å². The number of aromatic nitrogens is 4. The van der Waals surface area contributed by atoms with Crippen LogP contribution in [0.15, 0.2) is 174 Å². The maximum Gasteiger partial charge on any atom is 0.235 e. The van der Waals surface area contributed by atoms with Crippen LogP contribution in [-0.2, 0) is 0 Å². The lowest BCUT2D eigenvalue weighted by molar-refractivity contribution is 0.673. The monoisotopic (exact) mass is 688 g/mol. The zero-order valence-electron chi connectivity index (χ0n) is 28.9. The molecular weight excluding hydrogens is 661 g/mol. The van der Waals surface area contributed by atoms with Crippen molar-refractivity contribution in [3.63, 3.8) is 0 Å². The number of fused-ring (bicyclic) bond motifs is 13. The Morgan fingerprint density at radius 3 is 1.87 bits per heavy atom. The van der Waals surface area contributed by atoms with Crippen molar-refractivity contribution in [2.75, 3.05) is 0 Å². The molecule has 0 unspecified atom stereocenters. The summed E-state index contributed by atoms with van der Waals surface area (Å²) in [6, 6.07) is 59.4. The molecule has 0 fully saturated rings. The summed E-state index contributed by atoms with van der Waals surface area (Å²) in [7, 11) is 0. The van der Waals surface area contributed by atoms with E-state index in [0.29, 0.717) is 5.95 Å². The molecule has 0 amide bonds. The van der Waals surface area contributed by atoms with E-state index in [0.717, 1.165) is 110 Å². The quantitative estimate of drug-likeness (QED) is 0.173. The van der Waals surface area contributed by atoms with Crippen molar-refractivity contribution >= 4 is 87.1 Å². The molecule has 4 heterocycles. The van der Waals surface area contributed by atoms with Gasteiger partial charge in [0, 0.05) is 59.6 Å². The van der Waals surface area contributed by atoms with E-state index in [9.17, 15) is 0 Å². The van der Waals surface area contributed by atoms with E-state index in [2.05, 4.69) is 150 Å². The number of rotatable bonds is 3. The minimum Gasteiger partial charge on any atom is -0.455 e. The summed E-state index contributed by atoms with van der Waals surface area (Å²) < 4.78 is 8.91. The Hall–Kier alpha value is -7.37. The average molecular weight is 689 g/mol. The summed E-state index contributed by atoms with van der Waals surface area (Å²) >= 11 is 0. The molecule has 0 aliphatic heterocycles. The fraction of sp³-hybridized carbons (Fsp3) is 0. The molecule has 4 aromatic heterocycles. The van der Waals surface area contributed by atoms with Gasteiger partial charge >= 0.3 is 0 Å². The third kappa shape index (κ3) is 4.06. The first kappa shape index (κ1) is 29.2. The first-order chi connectivity index (χ1) is 26.8. The van der Waals surface area contributed by atoms with Crippen LogP contribution in [0.1, 0.15) is 0 Å². The van der Waals surface area contributed by atoms with Crippen LogP contribution in [0.3, 0.4) is 0 Å². The molecule has 0 aliphatic carbocycles. The molecular formula is C49H28N4O. The van der Waals surface area contributed by atoms with Gasteiger partial charge in [0.05, 0.1) is 33.5 Å². The normalized spacial score (nSPS) is 12.1. The molecule has 0 saturated heterocycles. The van der Waals surface area contributed by atoms with Crippen molar-refractivity contribution in [1.82, 2.24) is 19.5 Å². The van der Waals surface area contributed by atoms with Crippen molar-refractivity contribution in [1.29, 1.82) is 0 Å². The molecule has 5 nitrogen and oxygen atoms in total. The zero-order chi connectivity index (χ0) is 35.3. The molecule has 54 heavy (non-hydrogen) atoms. The molecule has 0 N–H and O–H groups in total. The van der Waals surface area contributed by atoms with Crippen LogP contribution in [0, 0.1) is 0 Å². The highest BCUT2D eigenvalue weighted by atomic mass is 16.3. The van der Waals surface area contributed by atoms with Crippen LogP contribution in [0.2, 0.25) is 0 Å². The largest absolute Gasteiger partial charge is 0.455 e. The Labute approximate surface area is 308 Å². The van der Waals surface area contributed by atoms with Gasteiger partial charge in [-0.05, 0) is 41.8 Å². The summed E-state index contributed by atoms with van der Waals surface area (Å²) in [6.45, 7) is 0. The van der Waals surface area contributed by atoms with Gasteiger partial charge in [0.15, 0.2) is 0 Å². The fourth-order valence-electron chi connectivity index (χ4n) is 8.63. The third-order valence-corrected chi connectivity index (χ3v) is 11.0. The molecule has 5 heteroatoms. The smallest absolute Gasteiger partial charge is 0.235 e. The van der Waals surface area contributed by atoms with Crippen LogP contribution in [0.4, 0.5) is 0 Å². The Morgan fingerprint density at radius 2 is 1.04 bits per heavy atom. The lowest BCUT2D eigenvalue weighted by Gasteiger charge is -2.15. The summed E-state index contributed by atoms with van der Waals surface area (Å²) in [4.78, 5) is 16.0. The molecule has 0 spiro atoms. The molecule has 0 aliphatic rings. The predicted molar refractivity (Wildman–Crippen MR) is 222 cm³/mol. The Balaban J connectivity index is 1.22. The van der Waals surface area contributed by atoms with Gasteiger partial charge in [-0.15, -0.1) is 0 Å². The SMILES string of the molecule is c1ccc(-c2nc(-n3c4ccccc4c4cc(-c5nc6ccccc6c6c5ccc5c7ccccc7oc56)c5ccccc5c43)nc3ccccc23)cc1. The van der Waals surface area contributed by atoms with E-state index in [-0.39, 0.29) is 0 Å². The van der Waals surface area contributed by atoms with Crippen LogP contribution in [-0.4, -0.2) is 19.5 Å². The lowest BCUT2D eigenvalue weighted by Crippen LogP contribution is -2.04. The van der Waals surface area contributed by atoms with Gasteiger partial charge in [-0.3, -0.25) is 4.57 Å². The number of hydrogen-bond acceptors (Lipinski definition) is 4. The lowest BCUT2D eigenvalue weighted by atomic mass is 9.93. The minimum atomic E-state index is 0.637. The van der Waals surface area contributed by atoms with Gasteiger partial charge < -0.3 is 4.42 Å². The summed E-state index contributed by atoms with van der Waals surface area (Å²) in [5.41, 5.74) is 9.66. The van der Waals surface area contributed by atoms with E-state index in [4.69, 9.17) is 19.4 Å². The molecule has 12 aromatic rings. The van der Waals surface area contributed by atoms with Crippen molar-refractivity contribution in [3.8, 4) is 28.5 Å². The van der Waals surface area contributed by atoms with Crippen molar-refractivity contribution < 1.29 is 4.42 Å². The number of nitrogens with zero attached hydrogens (tertiary/aromatic N) is 4. The third-order valence-electron chi connectivity index (χ3n) is 11.0. The van der Waals surface area contributed by atoms with Gasteiger partial charge in [0.25, 0.3) is 0 Å². The molecule has 250 valence electrons. The number of furan rings is 1. The maximum atomic E-state index is 6.66. The van der Waals surface area contributed by atoms with Crippen LogP contribution >= 0.6 is 0 Å². The standard InChI is InChI=1S/C49H28N4O/c1-2-14-29(15-3-1)45-36-21-7-11-23-41(36)51-49(52-45)53-42-24-12-8-17-31(42)39-28-38(30-16-4-5-19-33(30)47(39)53)46-37-27-26-34-32-18-9-13-25-43(32)54-48(34)44(37)35-20-6-10-22-40(35)50-46/h1-28H. The van der Waals surface area contributed by atoms with Gasteiger partial charge in [-0.25, -0.2) is 15.0 Å². The predicted octanol–water partition coefficient (Wildman–Crippen LogP) is 12.8. The minimum absolute atomic E-state index is 0.637. The van der Waals surface area contributed by atoms with Gasteiger partial charge in [-0.2, -0.15) is 0 Å². The van der Waals surface area contributed by atoms with Crippen molar-refractivity contribution in [2.24, 2.45) is 0 Å². The summed E-state index contributed by atoms with van der Waals surface area (Å²) in [6.07, 6.45) is 0. The Morgan fingerprint density at radius 1 is 0.407 bits per heavy atom. The highest BCUT2D eigenvalue weighted by Gasteiger charge is 2.23. The van der Waals surface area contributed by atoms with E-state index in [1.807, 2.05) is 24.3 Å². The molecule has 0 radical (unpaired) electrons. The first-order valence-electron chi connectivity index (χ1n) is 18.2. The fourth-order valence-corrected chi connectivity index (χ4v) is 8.63. The van der Waals surface area contributed by atoms with Gasteiger partial charge in [0.2, 0.25) is 5.95 Å². The Bertz CT molecular complexity index is 3510. The number of para-hydroxylation sites is 4. The van der Waals surface area contributed by atoms with E-state index in [1.54, 1.807) is 0 Å². The molecule has 12 rings (SSSR count). The second-order valence-electron chi connectivity index (χ2n) is 13.9. The zero-order valence-corrected chi connectivity index (χ0v) is 28.9. The Kier molecular flexibility index (Phi) is 5.99. The molecule has 0 bridgehead atoms. The average Bonchev–Trinajstić information content (AvgIpc) is 3.79. The summed E-state index contributed by atoms with van der Waals surface area (Å²) in [5.74, 6) is 0.637. The van der Waals surface area contributed by atoms with Gasteiger partial charge in [0.1, 0.15) is 11.2 Å². The van der Waals surface area contributed by atoms with Gasteiger partial charge in [-0.1, -0.05) is 133 Å². The summed E-state index contributed by atoms with van der Waals surface area (Å²) in [5, 5.41) is 10.9. The van der Waals surface area contributed by atoms with Crippen LogP contribution < -0.4 is 0 Å².